The van der Waals surface area contributed by atoms with Crippen LogP contribution in [0.4, 0.5) is 0 Å². The van der Waals surface area contributed by atoms with E-state index in [0.717, 1.165) is 0 Å². The second-order valence-electron chi connectivity index (χ2n) is 5.41. The van der Waals surface area contributed by atoms with Crippen molar-refractivity contribution >= 4 is 11.9 Å². The van der Waals surface area contributed by atoms with Crippen LogP contribution >= 0.6 is 0 Å². The molecule has 0 bridgehead atoms. The molecule has 1 aliphatic rings. The summed E-state index contributed by atoms with van der Waals surface area (Å²) in [6.45, 7) is 2.52. The maximum atomic E-state index is 12.7. The predicted molar refractivity (Wildman–Crippen MR) is 94.6 cm³/mol. The van der Waals surface area contributed by atoms with Gasteiger partial charge in [0.25, 0.3) is 0 Å². The SMILES string of the molecule is CCOc1ccc(C=C(C#N)C(=O)c2ccc3c(c2)OCO3)cc1OC. The van der Waals surface area contributed by atoms with Crippen LogP contribution in [0.15, 0.2) is 42.0 Å². The molecule has 2 aromatic rings. The topological polar surface area (TPSA) is 77.8 Å². The van der Waals surface area contributed by atoms with Gasteiger partial charge in [-0.3, -0.25) is 4.79 Å². The standard InChI is InChI=1S/C20H17NO5/c1-3-24-16-6-4-13(9-18(16)23-2)8-15(11-21)20(22)14-5-7-17-19(10-14)26-12-25-17/h4-10H,3,12H2,1-2H3. The number of ketones is 1. The van der Waals surface area contributed by atoms with E-state index in [9.17, 15) is 10.1 Å². The van der Waals surface area contributed by atoms with Crippen LogP contribution in [0.2, 0.25) is 0 Å². The number of carbonyl (C=O) groups excluding carboxylic acids is 1. The van der Waals surface area contributed by atoms with Gasteiger partial charge in [-0.15, -0.1) is 0 Å². The Morgan fingerprint density at radius 2 is 2.00 bits per heavy atom. The third kappa shape index (κ3) is 3.47. The van der Waals surface area contributed by atoms with Crippen molar-refractivity contribution in [3.05, 3.63) is 53.1 Å². The van der Waals surface area contributed by atoms with Crippen molar-refractivity contribution < 1.29 is 23.7 Å². The highest BCUT2D eigenvalue weighted by atomic mass is 16.7. The van der Waals surface area contributed by atoms with Crippen molar-refractivity contribution in [1.29, 1.82) is 5.26 Å². The maximum Gasteiger partial charge on any atom is 0.231 e. The summed E-state index contributed by atoms with van der Waals surface area (Å²) in [5.41, 5.74) is 1.03. The van der Waals surface area contributed by atoms with E-state index >= 15 is 0 Å². The Bertz CT molecular complexity index is 911. The first-order chi connectivity index (χ1) is 12.7. The molecule has 0 spiro atoms. The van der Waals surface area contributed by atoms with Crippen molar-refractivity contribution in [1.82, 2.24) is 0 Å². The largest absolute Gasteiger partial charge is 0.493 e. The number of carbonyl (C=O) groups is 1. The number of benzene rings is 2. The summed E-state index contributed by atoms with van der Waals surface area (Å²) in [5, 5.41) is 9.43. The average Bonchev–Trinajstić information content (AvgIpc) is 3.14. The molecule has 0 saturated carbocycles. The zero-order valence-electron chi connectivity index (χ0n) is 14.4. The van der Waals surface area contributed by atoms with Crippen LogP contribution in [-0.2, 0) is 0 Å². The van der Waals surface area contributed by atoms with E-state index in [1.165, 1.54) is 13.2 Å². The highest BCUT2D eigenvalue weighted by Crippen LogP contribution is 2.33. The van der Waals surface area contributed by atoms with E-state index in [4.69, 9.17) is 18.9 Å². The normalized spacial score (nSPS) is 12.4. The van der Waals surface area contributed by atoms with E-state index < -0.39 is 5.78 Å². The zero-order valence-corrected chi connectivity index (χ0v) is 14.4. The van der Waals surface area contributed by atoms with Crippen LogP contribution in [-0.4, -0.2) is 26.3 Å². The second-order valence-corrected chi connectivity index (χ2v) is 5.41. The minimum Gasteiger partial charge on any atom is -0.493 e. The van der Waals surface area contributed by atoms with Gasteiger partial charge >= 0.3 is 0 Å². The van der Waals surface area contributed by atoms with Crippen molar-refractivity contribution in [2.45, 2.75) is 6.92 Å². The van der Waals surface area contributed by atoms with E-state index in [-0.39, 0.29) is 12.4 Å². The Morgan fingerprint density at radius 3 is 2.73 bits per heavy atom. The number of nitrogens with zero attached hydrogens (tertiary/aromatic N) is 1. The van der Waals surface area contributed by atoms with Crippen LogP contribution in [0.3, 0.4) is 0 Å². The second kappa shape index (κ2) is 7.62. The van der Waals surface area contributed by atoms with Crippen LogP contribution < -0.4 is 18.9 Å². The molecule has 0 aliphatic carbocycles. The molecule has 1 aliphatic heterocycles. The lowest BCUT2D eigenvalue weighted by Gasteiger charge is -2.09. The zero-order chi connectivity index (χ0) is 18.5. The fourth-order valence-electron chi connectivity index (χ4n) is 2.56. The van der Waals surface area contributed by atoms with Gasteiger partial charge in [0.2, 0.25) is 12.6 Å². The lowest BCUT2D eigenvalue weighted by molar-refractivity contribution is 0.103. The molecule has 0 unspecified atom stereocenters. The summed E-state index contributed by atoms with van der Waals surface area (Å²) in [6, 6.07) is 12.0. The van der Waals surface area contributed by atoms with Crippen molar-refractivity contribution in [2.75, 3.05) is 20.5 Å². The number of rotatable bonds is 6. The fraction of sp³-hybridized carbons (Fsp3) is 0.200. The van der Waals surface area contributed by atoms with E-state index in [2.05, 4.69) is 0 Å². The number of allylic oxidation sites excluding steroid dienone is 1. The van der Waals surface area contributed by atoms with Gasteiger partial charge < -0.3 is 18.9 Å². The molecule has 132 valence electrons. The molecule has 0 atom stereocenters. The number of hydrogen-bond acceptors (Lipinski definition) is 6. The monoisotopic (exact) mass is 351 g/mol. The minimum atomic E-state index is -0.390. The first kappa shape index (κ1) is 17.4. The maximum absolute atomic E-state index is 12.7. The van der Waals surface area contributed by atoms with Gasteiger partial charge in [0.15, 0.2) is 23.0 Å². The molecule has 1 heterocycles. The minimum absolute atomic E-state index is 0.00933. The molecule has 0 saturated heterocycles. The van der Waals surface area contributed by atoms with Crippen molar-refractivity contribution in [3.63, 3.8) is 0 Å². The highest BCUT2D eigenvalue weighted by molar-refractivity contribution is 6.14. The van der Waals surface area contributed by atoms with Crippen LogP contribution in [0.1, 0.15) is 22.8 Å². The van der Waals surface area contributed by atoms with Gasteiger partial charge in [-0.2, -0.15) is 5.26 Å². The molecule has 2 aromatic carbocycles. The Kier molecular flexibility index (Phi) is 5.09. The Morgan fingerprint density at radius 1 is 1.19 bits per heavy atom. The van der Waals surface area contributed by atoms with Crippen molar-refractivity contribution in [3.8, 4) is 29.1 Å². The third-order valence-corrected chi connectivity index (χ3v) is 3.80. The molecule has 0 fully saturated rings. The fourth-order valence-corrected chi connectivity index (χ4v) is 2.56. The predicted octanol–water partition coefficient (Wildman–Crippen LogP) is 3.61. The lowest BCUT2D eigenvalue weighted by atomic mass is 10.0. The first-order valence-corrected chi connectivity index (χ1v) is 8.03. The van der Waals surface area contributed by atoms with E-state index in [1.807, 2.05) is 13.0 Å². The number of nitriles is 1. The molecule has 6 nitrogen and oxygen atoms in total. The number of methoxy groups -OCH3 is 1. The summed E-state index contributed by atoms with van der Waals surface area (Å²) >= 11 is 0. The van der Waals surface area contributed by atoms with Gasteiger partial charge in [-0.25, -0.2) is 0 Å². The van der Waals surface area contributed by atoms with Gasteiger partial charge in [0.1, 0.15) is 11.6 Å². The first-order valence-electron chi connectivity index (χ1n) is 8.03. The molecule has 0 amide bonds. The molecule has 6 heteroatoms. The molecule has 0 radical (unpaired) electrons. The van der Waals surface area contributed by atoms with Crippen molar-refractivity contribution in [2.24, 2.45) is 0 Å². The molecule has 0 N–H and O–H groups in total. The van der Waals surface area contributed by atoms with Gasteiger partial charge in [-0.05, 0) is 48.9 Å². The van der Waals surface area contributed by atoms with Crippen LogP contribution in [0, 0.1) is 11.3 Å². The van der Waals surface area contributed by atoms with Gasteiger partial charge in [0, 0.05) is 5.56 Å². The van der Waals surface area contributed by atoms with E-state index in [1.54, 1.807) is 36.4 Å². The Hall–Kier alpha value is -3.46. The van der Waals surface area contributed by atoms with Gasteiger partial charge in [-0.1, -0.05) is 6.07 Å². The summed E-state index contributed by atoms with van der Waals surface area (Å²) in [5.74, 6) is 1.83. The molecule has 3 rings (SSSR count). The number of Topliss-reactive ketones (excluding diaryl/α,β-unsaturated/α-hetero) is 1. The molecule has 0 aromatic heterocycles. The third-order valence-electron chi connectivity index (χ3n) is 3.80. The van der Waals surface area contributed by atoms with Crippen LogP contribution in [0.25, 0.3) is 6.08 Å². The summed E-state index contributed by atoms with van der Waals surface area (Å²) < 4.78 is 21.3. The highest BCUT2D eigenvalue weighted by Gasteiger charge is 2.18. The number of hydrogen-bond donors (Lipinski definition) is 0. The Labute approximate surface area is 151 Å². The molecule has 26 heavy (non-hydrogen) atoms. The quantitative estimate of drug-likeness (QED) is 0.449. The van der Waals surface area contributed by atoms with Gasteiger partial charge in [0.05, 0.1) is 13.7 Å². The Balaban J connectivity index is 1.90. The molecular weight excluding hydrogens is 334 g/mol. The smallest absolute Gasteiger partial charge is 0.231 e. The lowest BCUT2D eigenvalue weighted by Crippen LogP contribution is -2.02. The number of ether oxygens (including phenoxy) is 4. The summed E-state index contributed by atoms with van der Waals surface area (Å²) in [7, 11) is 1.54. The summed E-state index contributed by atoms with van der Waals surface area (Å²) in [4.78, 5) is 12.7. The molecular formula is C20H17NO5. The summed E-state index contributed by atoms with van der Waals surface area (Å²) in [6.07, 6.45) is 1.52. The van der Waals surface area contributed by atoms with Crippen LogP contribution in [0.5, 0.6) is 23.0 Å². The number of fused-ring (bicyclic) bond motifs is 1. The van der Waals surface area contributed by atoms with E-state index in [0.29, 0.717) is 40.7 Å². The average molecular weight is 351 g/mol.